The number of thiol groups is 1. The van der Waals surface area contributed by atoms with E-state index in [1.807, 2.05) is 0 Å². The summed E-state index contributed by atoms with van der Waals surface area (Å²) in [7, 11) is 0. The Labute approximate surface area is 113 Å². The van der Waals surface area contributed by atoms with E-state index in [2.05, 4.69) is 17.7 Å². The fraction of sp³-hybridized carbons (Fsp3) is 0.750. The minimum absolute atomic E-state index is 0.0711. The zero-order valence-corrected chi connectivity index (χ0v) is 11.5. The van der Waals surface area contributed by atoms with E-state index in [9.17, 15) is 10.1 Å². The van der Waals surface area contributed by atoms with Gasteiger partial charge in [-0.15, -0.1) is 0 Å². The van der Waals surface area contributed by atoms with Gasteiger partial charge < -0.3 is 0 Å². The van der Waals surface area contributed by atoms with Crippen molar-refractivity contribution < 1.29 is 4.92 Å². The molecule has 0 aliphatic heterocycles. The van der Waals surface area contributed by atoms with Crippen LogP contribution in [0.25, 0.3) is 0 Å². The molecule has 1 aromatic rings. The van der Waals surface area contributed by atoms with Gasteiger partial charge >= 0.3 is 5.69 Å². The fourth-order valence-electron chi connectivity index (χ4n) is 1.84. The molecule has 0 bridgehead atoms. The van der Waals surface area contributed by atoms with Crippen LogP contribution in [0.2, 0.25) is 0 Å². The molecule has 0 aliphatic carbocycles. The Morgan fingerprint density at radius 1 is 1.17 bits per heavy atom. The van der Waals surface area contributed by atoms with Crippen LogP contribution >= 0.6 is 12.6 Å². The van der Waals surface area contributed by atoms with Gasteiger partial charge in [-0.05, 0) is 18.6 Å². The van der Waals surface area contributed by atoms with Crippen molar-refractivity contribution in [2.45, 2.75) is 51.5 Å². The number of rotatable bonds is 10. The van der Waals surface area contributed by atoms with Crippen LogP contribution in [-0.4, -0.2) is 20.5 Å². The van der Waals surface area contributed by atoms with Gasteiger partial charge in [0.05, 0.1) is 4.92 Å². The Kier molecular flexibility index (Phi) is 7.48. The second-order valence-electron chi connectivity index (χ2n) is 4.42. The third-order valence-electron chi connectivity index (χ3n) is 2.88. The molecule has 6 heteroatoms. The van der Waals surface area contributed by atoms with E-state index in [0.29, 0.717) is 0 Å². The van der Waals surface area contributed by atoms with Crippen molar-refractivity contribution in [3.63, 3.8) is 0 Å². The van der Waals surface area contributed by atoms with E-state index < -0.39 is 4.92 Å². The predicted molar refractivity (Wildman–Crippen MR) is 75.1 cm³/mol. The Balaban J connectivity index is 2.02. The molecule has 0 fully saturated rings. The lowest BCUT2D eigenvalue weighted by molar-refractivity contribution is -0.385. The molecule has 18 heavy (non-hydrogen) atoms. The van der Waals surface area contributed by atoms with Crippen LogP contribution in [-0.2, 0) is 6.54 Å². The third kappa shape index (κ3) is 6.05. The smallest absolute Gasteiger partial charge is 0.266 e. The molecule has 0 unspecified atom stereocenters. The van der Waals surface area contributed by atoms with E-state index >= 15 is 0 Å². The van der Waals surface area contributed by atoms with Gasteiger partial charge in [0.2, 0.25) is 0 Å². The van der Waals surface area contributed by atoms with Crippen LogP contribution < -0.4 is 0 Å². The van der Waals surface area contributed by atoms with E-state index in [0.717, 1.165) is 25.1 Å². The summed E-state index contributed by atoms with van der Waals surface area (Å²) >= 11 is 4.18. The van der Waals surface area contributed by atoms with Gasteiger partial charge in [-0.1, -0.05) is 32.1 Å². The first-order valence-electron chi connectivity index (χ1n) is 6.51. The molecule has 0 atom stereocenters. The first-order chi connectivity index (χ1) is 8.74. The van der Waals surface area contributed by atoms with Gasteiger partial charge in [-0.25, -0.2) is 0 Å². The molecule has 102 valence electrons. The molecular weight excluding hydrogens is 250 g/mol. The van der Waals surface area contributed by atoms with Gasteiger partial charge in [0, 0.05) is 6.54 Å². The largest absolute Gasteiger partial charge is 0.306 e. The highest BCUT2D eigenvalue weighted by molar-refractivity contribution is 7.80. The monoisotopic (exact) mass is 271 g/mol. The minimum atomic E-state index is -0.412. The summed E-state index contributed by atoms with van der Waals surface area (Å²) in [5, 5.41) is 14.4. The molecule has 0 radical (unpaired) electrons. The molecule has 0 saturated carbocycles. The summed E-state index contributed by atoms with van der Waals surface area (Å²) in [4.78, 5) is 10.1. The zero-order chi connectivity index (χ0) is 13.2. The number of nitrogens with zero attached hydrogens (tertiary/aromatic N) is 3. The van der Waals surface area contributed by atoms with Gasteiger partial charge in [0.25, 0.3) is 0 Å². The molecule has 0 aromatic carbocycles. The van der Waals surface area contributed by atoms with Crippen LogP contribution in [0.1, 0.15) is 44.9 Å². The lowest BCUT2D eigenvalue weighted by Gasteiger charge is -2.01. The van der Waals surface area contributed by atoms with Crippen molar-refractivity contribution >= 4 is 18.3 Å². The minimum Gasteiger partial charge on any atom is -0.266 e. The maximum absolute atomic E-state index is 10.5. The predicted octanol–water partition coefficient (Wildman–Crippen LogP) is 3.45. The molecule has 0 saturated heterocycles. The van der Waals surface area contributed by atoms with Crippen molar-refractivity contribution in [2.75, 3.05) is 5.75 Å². The van der Waals surface area contributed by atoms with Crippen LogP contribution in [0.15, 0.2) is 12.4 Å². The van der Waals surface area contributed by atoms with E-state index in [1.54, 1.807) is 4.68 Å². The van der Waals surface area contributed by atoms with E-state index in [4.69, 9.17) is 0 Å². The van der Waals surface area contributed by atoms with Gasteiger partial charge in [0.15, 0.2) is 0 Å². The summed E-state index contributed by atoms with van der Waals surface area (Å²) in [6, 6.07) is 0. The number of unbranched alkanes of at least 4 members (excludes halogenated alkanes) is 6. The second-order valence-corrected chi connectivity index (χ2v) is 4.86. The normalized spacial score (nSPS) is 10.7. The van der Waals surface area contributed by atoms with Crippen LogP contribution in [0, 0.1) is 10.1 Å². The Hall–Kier alpha value is -1.04. The maximum Gasteiger partial charge on any atom is 0.306 e. The van der Waals surface area contributed by atoms with Crippen molar-refractivity contribution in [3.8, 4) is 0 Å². The highest BCUT2D eigenvalue weighted by atomic mass is 32.1. The Morgan fingerprint density at radius 2 is 1.78 bits per heavy atom. The number of aryl methyl sites for hydroxylation is 1. The molecule has 1 heterocycles. The highest BCUT2D eigenvalue weighted by Crippen LogP contribution is 2.11. The number of aromatic nitrogens is 2. The summed E-state index contributed by atoms with van der Waals surface area (Å²) in [5.74, 6) is 0.984. The third-order valence-corrected chi connectivity index (χ3v) is 3.19. The molecule has 0 N–H and O–H groups in total. The topological polar surface area (TPSA) is 61.0 Å². The fourth-order valence-corrected chi connectivity index (χ4v) is 2.06. The summed E-state index contributed by atoms with van der Waals surface area (Å²) in [6.45, 7) is 0.768. The molecule has 0 aliphatic rings. The Morgan fingerprint density at radius 3 is 2.33 bits per heavy atom. The average molecular weight is 271 g/mol. The molecule has 1 aromatic heterocycles. The molecule has 5 nitrogen and oxygen atoms in total. The number of nitro groups is 1. The summed E-state index contributed by atoms with van der Waals surface area (Å²) in [5.41, 5.74) is 0.0711. The zero-order valence-electron chi connectivity index (χ0n) is 10.6. The van der Waals surface area contributed by atoms with Gasteiger partial charge in [0.1, 0.15) is 12.4 Å². The quantitative estimate of drug-likeness (QED) is 0.307. The van der Waals surface area contributed by atoms with Crippen molar-refractivity contribution in [1.29, 1.82) is 0 Å². The van der Waals surface area contributed by atoms with Crippen molar-refractivity contribution in [1.82, 2.24) is 9.78 Å². The molecule has 0 amide bonds. The SMILES string of the molecule is O=[N+]([O-])c1cnn(CCCCCCCCCS)c1. The Bertz CT molecular complexity index is 355. The van der Waals surface area contributed by atoms with Crippen molar-refractivity contribution in [3.05, 3.63) is 22.5 Å². The lowest BCUT2D eigenvalue weighted by Crippen LogP contribution is -1.98. The first-order valence-corrected chi connectivity index (χ1v) is 7.15. The number of hydrogen-bond acceptors (Lipinski definition) is 4. The summed E-state index contributed by atoms with van der Waals surface area (Å²) in [6.07, 6.45) is 11.3. The highest BCUT2D eigenvalue weighted by Gasteiger charge is 2.07. The van der Waals surface area contributed by atoms with E-state index in [-0.39, 0.29) is 5.69 Å². The van der Waals surface area contributed by atoms with Crippen LogP contribution in [0.5, 0.6) is 0 Å². The van der Waals surface area contributed by atoms with E-state index in [1.165, 1.54) is 44.5 Å². The molecule has 1 rings (SSSR count). The van der Waals surface area contributed by atoms with Gasteiger partial charge in [-0.2, -0.15) is 17.7 Å². The number of hydrogen-bond donors (Lipinski definition) is 1. The maximum atomic E-state index is 10.5. The van der Waals surface area contributed by atoms with Crippen LogP contribution in [0.3, 0.4) is 0 Å². The first kappa shape index (κ1) is 15.0. The molecular formula is C12H21N3O2S. The lowest BCUT2D eigenvalue weighted by atomic mass is 10.1. The molecule has 0 spiro atoms. The average Bonchev–Trinajstić information content (AvgIpc) is 2.81. The van der Waals surface area contributed by atoms with Gasteiger partial charge in [-0.3, -0.25) is 14.8 Å². The standard InChI is InChI=1S/C12H21N3O2S/c16-15(17)12-10-13-14(11-12)8-6-4-2-1-3-5-7-9-18/h10-11,18H,1-9H2. The second kappa shape index (κ2) is 8.97. The summed E-state index contributed by atoms with van der Waals surface area (Å²) < 4.78 is 1.65. The van der Waals surface area contributed by atoms with Crippen molar-refractivity contribution in [2.24, 2.45) is 0 Å². The van der Waals surface area contributed by atoms with Crippen LogP contribution in [0.4, 0.5) is 5.69 Å².